The van der Waals surface area contributed by atoms with Crippen molar-refractivity contribution in [3.63, 3.8) is 0 Å². The summed E-state index contributed by atoms with van der Waals surface area (Å²) in [6.07, 6.45) is 3.94. The number of tetrazole rings is 1. The largest absolute Gasteiger partial charge is 0.458 e. The number of esters is 1. The van der Waals surface area contributed by atoms with Gasteiger partial charge >= 0.3 is 5.97 Å². The van der Waals surface area contributed by atoms with E-state index in [9.17, 15) is 4.79 Å². The molecule has 11 nitrogen and oxygen atoms in total. The topological polar surface area (TPSA) is 163 Å². The van der Waals surface area contributed by atoms with E-state index in [0.717, 1.165) is 53.8 Å². The average molecular weight is 564 g/mol. The summed E-state index contributed by atoms with van der Waals surface area (Å²) in [7, 11) is 0. The Kier molecular flexibility index (Phi) is 9.85. The number of carbonyl (C=O) groups is 1. The van der Waals surface area contributed by atoms with Crippen molar-refractivity contribution in [3.05, 3.63) is 70.8 Å². The first-order valence-corrected chi connectivity index (χ1v) is 13.7. The third-order valence-corrected chi connectivity index (χ3v) is 6.77. The highest BCUT2D eigenvalue weighted by atomic mass is 35.5. The maximum Gasteiger partial charge on any atom is 0.331 e. The maximum absolute atomic E-state index is 12.8. The van der Waals surface area contributed by atoms with Crippen LogP contribution in [-0.2, 0) is 29.1 Å². The highest BCUT2D eigenvalue weighted by molar-refractivity contribution is 6.30. The molecule has 0 radical (unpaired) electrons. The fourth-order valence-corrected chi connectivity index (χ4v) is 4.71. The maximum atomic E-state index is 12.8. The van der Waals surface area contributed by atoms with Crippen LogP contribution in [0.5, 0.6) is 0 Å². The van der Waals surface area contributed by atoms with E-state index in [1.807, 2.05) is 35.8 Å². The number of nitrogens with zero attached hydrogens (tertiary/aromatic N) is 6. The van der Waals surface area contributed by atoms with Crippen molar-refractivity contribution in [1.29, 1.82) is 0 Å². The van der Waals surface area contributed by atoms with Crippen molar-refractivity contribution in [3.8, 4) is 22.5 Å². The Morgan fingerprint density at radius 2 is 1.85 bits per heavy atom. The fourth-order valence-electron chi connectivity index (χ4n) is 4.46. The van der Waals surface area contributed by atoms with E-state index in [4.69, 9.17) is 27.8 Å². The molecule has 0 saturated carbocycles. The number of unbranched alkanes of at least 4 members (excludes halogenated alkanes) is 1. The number of imidazole rings is 1. The van der Waals surface area contributed by atoms with Crippen molar-refractivity contribution < 1.29 is 9.53 Å². The molecule has 0 saturated heterocycles. The van der Waals surface area contributed by atoms with Crippen LogP contribution in [0, 0.1) is 0 Å². The molecule has 2 aromatic heterocycles. The average Bonchev–Trinajstić information content (AvgIpc) is 3.59. The Labute approximate surface area is 238 Å². The molecule has 40 heavy (non-hydrogen) atoms. The van der Waals surface area contributed by atoms with Crippen molar-refractivity contribution in [2.45, 2.75) is 65.1 Å². The Morgan fingerprint density at radius 3 is 2.50 bits per heavy atom. The lowest BCUT2D eigenvalue weighted by molar-refractivity contribution is -0.146. The Morgan fingerprint density at radius 1 is 1.10 bits per heavy atom. The van der Waals surface area contributed by atoms with Crippen LogP contribution in [-0.4, -0.2) is 48.1 Å². The van der Waals surface area contributed by atoms with Crippen LogP contribution in [0.3, 0.4) is 0 Å². The highest BCUT2D eigenvalue weighted by Gasteiger charge is 2.22. The lowest BCUT2D eigenvalue weighted by Crippen LogP contribution is -2.30. The zero-order chi connectivity index (χ0) is 28.5. The summed E-state index contributed by atoms with van der Waals surface area (Å²) in [6, 6.07) is 15.4. The number of ether oxygens (including phenoxy) is 1. The van der Waals surface area contributed by atoms with Gasteiger partial charge in [-0.25, -0.2) is 14.8 Å². The number of halogens is 1. The Balaban J connectivity index is 1.57. The highest BCUT2D eigenvalue weighted by Crippen LogP contribution is 2.30. The van der Waals surface area contributed by atoms with E-state index in [-0.39, 0.29) is 12.6 Å². The van der Waals surface area contributed by atoms with Crippen LogP contribution in [0.2, 0.25) is 5.15 Å². The fraction of sp³-hybridized carbons (Fsp3) is 0.357. The second-order valence-corrected chi connectivity index (χ2v) is 9.76. The van der Waals surface area contributed by atoms with Gasteiger partial charge in [-0.2, -0.15) is 5.21 Å². The monoisotopic (exact) mass is 563 g/mol. The van der Waals surface area contributed by atoms with E-state index in [1.54, 1.807) is 0 Å². The van der Waals surface area contributed by atoms with Gasteiger partial charge in [0.25, 0.3) is 0 Å². The van der Waals surface area contributed by atoms with Gasteiger partial charge in [0.05, 0.1) is 5.69 Å². The molecule has 4 rings (SSSR count). The molecule has 5 N–H and O–H groups in total. The summed E-state index contributed by atoms with van der Waals surface area (Å²) in [6.45, 7) is 4.56. The van der Waals surface area contributed by atoms with Crippen LogP contribution in [0.1, 0.15) is 56.6 Å². The van der Waals surface area contributed by atoms with E-state index in [2.05, 4.69) is 61.8 Å². The molecule has 0 bridgehead atoms. The van der Waals surface area contributed by atoms with Crippen molar-refractivity contribution in [2.75, 3.05) is 0 Å². The first-order chi connectivity index (χ1) is 19.4. The van der Waals surface area contributed by atoms with Crippen LogP contribution < -0.4 is 11.5 Å². The number of hydrogen-bond acceptors (Lipinski definition) is 7. The number of nitrogens with two attached hydrogens (primary N) is 2. The van der Waals surface area contributed by atoms with Gasteiger partial charge in [0.2, 0.25) is 5.82 Å². The number of nitrogens with one attached hydrogen (secondary N) is 1. The molecule has 2 aromatic carbocycles. The minimum atomic E-state index is -0.757. The molecule has 12 heteroatoms. The van der Waals surface area contributed by atoms with E-state index < -0.39 is 12.0 Å². The van der Waals surface area contributed by atoms with Crippen molar-refractivity contribution >= 4 is 23.5 Å². The van der Waals surface area contributed by atoms with Gasteiger partial charge < -0.3 is 20.8 Å². The third kappa shape index (κ3) is 7.03. The van der Waals surface area contributed by atoms with E-state index >= 15 is 0 Å². The number of aryl methyl sites for hydroxylation is 1. The normalized spacial score (nSPS) is 11.8. The molecule has 1 atom stereocenters. The quantitative estimate of drug-likeness (QED) is 0.123. The zero-order valence-electron chi connectivity index (χ0n) is 22.7. The van der Waals surface area contributed by atoms with E-state index in [0.29, 0.717) is 29.6 Å². The molecule has 0 aliphatic rings. The lowest BCUT2D eigenvalue weighted by atomic mass is 9.98. The minimum absolute atomic E-state index is 0.0346. The number of aromatic amines is 1. The SMILES string of the molecule is CCCCc1nc(Cl)c(COC(=O)C(CCC)N=C(N)N)n1Cc1ccc(-c2ccccc2-c2nn[nH]n2)cc1. The predicted molar refractivity (Wildman–Crippen MR) is 154 cm³/mol. The molecule has 4 aromatic rings. The predicted octanol–water partition coefficient (Wildman–Crippen LogP) is 4.26. The summed E-state index contributed by atoms with van der Waals surface area (Å²) in [4.78, 5) is 21.4. The first-order valence-electron chi connectivity index (χ1n) is 13.3. The number of rotatable bonds is 13. The summed E-state index contributed by atoms with van der Waals surface area (Å²) < 4.78 is 7.65. The van der Waals surface area contributed by atoms with Crippen LogP contribution in [0.25, 0.3) is 22.5 Å². The molecule has 2 heterocycles. The van der Waals surface area contributed by atoms with Gasteiger partial charge in [0.1, 0.15) is 12.4 Å². The Bertz CT molecular complexity index is 1430. The lowest BCUT2D eigenvalue weighted by Gasteiger charge is -2.15. The molecule has 0 spiro atoms. The summed E-state index contributed by atoms with van der Waals surface area (Å²) >= 11 is 6.57. The minimum Gasteiger partial charge on any atom is -0.458 e. The molecule has 0 aliphatic heterocycles. The van der Waals surface area contributed by atoms with Crippen molar-refractivity contribution in [2.24, 2.45) is 16.5 Å². The molecular formula is C28H34ClN9O2. The van der Waals surface area contributed by atoms with Gasteiger partial charge in [0.15, 0.2) is 17.2 Å². The molecule has 210 valence electrons. The van der Waals surface area contributed by atoms with Gasteiger partial charge in [-0.3, -0.25) is 0 Å². The van der Waals surface area contributed by atoms with Crippen LogP contribution >= 0.6 is 11.6 Å². The summed E-state index contributed by atoms with van der Waals surface area (Å²) in [5.41, 5.74) is 15.6. The standard InChI is InChI=1S/C28H34ClN9O2/c1-3-5-11-24-33-25(29)23(17-40-27(39)22(8-4-2)32-28(30)31)38(24)16-18-12-14-19(15-13-18)20-9-6-7-10-21(20)26-34-36-37-35-26/h6-7,9-10,12-15,22H,3-5,8,11,16-17H2,1-2H3,(H4,30,31,32)(H,34,35,36,37). The number of aliphatic imine (C=N–C) groups is 1. The van der Waals surface area contributed by atoms with Gasteiger partial charge in [-0.05, 0) is 34.7 Å². The number of benzene rings is 2. The molecule has 0 aliphatic carbocycles. The molecule has 1 unspecified atom stereocenters. The molecular weight excluding hydrogens is 530 g/mol. The number of carbonyl (C=O) groups excluding carboxylic acids is 1. The van der Waals surface area contributed by atoms with Crippen LogP contribution in [0.4, 0.5) is 0 Å². The number of hydrogen-bond donors (Lipinski definition) is 3. The summed E-state index contributed by atoms with van der Waals surface area (Å²) in [5, 5.41) is 14.8. The van der Waals surface area contributed by atoms with Crippen molar-refractivity contribution in [1.82, 2.24) is 30.2 Å². The first kappa shape index (κ1) is 28.8. The van der Waals surface area contributed by atoms with Gasteiger partial charge in [-0.1, -0.05) is 86.8 Å². The second-order valence-electron chi connectivity index (χ2n) is 9.40. The van der Waals surface area contributed by atoms with E-state index in [1.165, 1.54) is 0 Å². The molecule has 0 amide bonds. The van der Waals surface area contributed by atoms with Crippen LogP contribution in [0.15, 0.2) is 53.5 Å². The number of guanidine groups is 1. The zero-order valence-corrected chi connectivity index (χ0v) is 23.4. The van der Waals surface area contributed by atoms with Gasteiger partial charge in [-0.15, -0.1) is 10.2 Å². The third-order valence-electron chi connectivity index (χ3n) is 6.47. The second kappa shape index (κ2) is 13.7. The molecule has 0 fully saturated rings. The number of aromatic nitrogens is 6. The number of H-pyrrole nitrogens is 1. The smallest absolute Gasteiger partial charge is 0.331 e. The summed E-state index contributed by atoms with van der Waals surface area (Å²) in [5.74, 6) is 0.731. The Hall–Kier alpha value is -4.25. The van der Waals surface area contributed by atoms with Gasteiger partial charge in [0, 0.05) is 18.5 Å².